The van der Waals surface area contributed by atoms with Crippen LogP contribution in [0.25, 0.3) is 0 Å². The van der Waals surface area contributed by atoms with Gasteiger partial charge in [0.2, 0.25) is 11.8 Å². The molecule has 0 aromatic carbocycles. The van der Waals surface area contributed by atoms with Gasteiger partial charge >= 0.3 is 0 Å². The maximum atomic E-state index is 12.1. The third kappa shape index (κ3) is 1.57. The lowest BCUT2D eigenvalue weighted by atomic mass is 10.0. The molecule has 0 radical (unpaired) electrons. The van der Waals surface area contributed by atoms with Gasteiger partial charge in [-0.15, -0.1) is 0 Å². The van der Waals surface area contributed by atoms with Crippen molar-refractivity contribution in [2.45, 2.75) is 25.4 Å². The Morgan fingerprint density at radius 2 is 2.17 bits per heavy atom. The van der Waals surface area contributed by atoms with Gasteiger partial charge in [0.1, 0.15) is 11.7 Å². The number of hydrogen-bond donors (Lipinski definition) is 1. The van der Waals surface area contributed by atoms with Crippen molar-refractivity contribution in [1.29, 1.82) is 0 Å². The summed E-state index contributed by atoms with van der Waals surface area (Å²) in [7, 11) is 0. The van der Waals surface area contributed by atoms with Crippen molar-refractivity contribution in [3.63, 3.8) is 0 Å². The molecular formula is C12H11N3O3. The Kier molecular flexibility index (Phi) is 2.36. The SMILES string of the molecule is O=C1CCC(N2Cc3cccnc3C2=O)C(=O)N1. The molecule has 0 spiro atoms. The third-order valence-electron chi connectivity index (χ3n) is 3.28. The monoisotopic (exact) mass is 245 g/mol. The van der Waals surface area contributed by atoms with Crippen LogP contribution in [0.3, 0.4) is 0 Å². The fourth-order valence-electron chi connectivity index (χ4n) is 2.38. The van der Waals surface area contributed by atoms with E-state index in [1.807, 2.05) is 6.07 Å². The van der Waals surface area contributed by atoms with E-state index in [1.54, 1.807) is 12.3 Å². The minimum atomic E-state index is -0.565. The van der Waals surface area contributed by atoms with Gasteiger partial charge in [0.25, 0.3) is 5.91 Å². The van der Waals surface area contributed by atoms with Crippen LogP contribution in [-0.4, -0.2) is 33.6 Å². The van der Waals surface area contributed by atoms with Crippen LogP contribution in [0.15, 0.2) is 18.3 Å². The smallest absolute Gasteiger partial charge is 0.273 e. The molecule has 3 heterocycles. The van der Waals surface area contributed by atoms with Gasteiger partial charge in [-0.2, -0.15) is 0 Å². The van der Waals surface area contributed by atoms with E-state index < -0.39 is 11.9 Å². The van der Waals surface area contributed by atoms with Crippen LogP contribution in [0.4, 0.5) is 0 Å². The minimum absolute atomic E-state index is 0.236. The summed E-state index contributed by atoms with van der Waals surface area (Å²) in [6, 6.07) is 3.02. The summed E-state index contributed by atoms with van der Waals surface area (Å²) in [6.45, 7) is 0.383. The minimum Gasteiger partial charge on any atom is -0.321 e. The summed E-state index contributed by atoms with van der Waals surface area (Å²) in [4.78, 5) is 40.5. The van der Waals surface area contributed by atoms with E-state index in [-0.39, 0.29) is 18.2 Å². The fraction of sp³-hybridized carbons (Fsp3) is 0.333. The van der Waals surface area contributed by atoms with Crippen molar-refractivity contribution in [3.05, 3.63) is 29.6 Å². The first-order valence-corrected chi connectivity index (χ1v) is 5.75. The summed E-state index contributed by atoms with van der Waals surface area (Å²) in [6.07, 6.45) is 2.21. The number of fused-ring (bicyclic) bond motifs is 1. The number of piperidine rings is 1. The Bertz CT molecular complexity index is 555. The standard InChI is InChI=1S/C12H11N3O3/c16-9-4-3-8(11(17)14-9)15-6-7-2-1-5-13-10(7)12(15)18/h1-2,5,8H,3-4,6H2,(H,14,16,17). The highest BCUT2D eigenvalue weighted by atomic mass is 16.2. The van der Waals surface area contributed by atoms with Gasteiger partial charge in [-0.25, -0.2) is 0 Å². The molecule has 0 aliphatic carbocycles. The third-order valence-corrected chi connectivity index (χ3v) is 3.28. The van der Waals surface area contributed by atoms with Gasteiger partial charge in [-0.05, 0) is 12.5 Å². The van der Waals surface area contributed by atoms with Crippen LogP contribution in [-0.2, 0) is 16.1 Å². The molecule has 2 aliphatic heterocycles. The summed E-state index contributed by atoms with van der Waals surface area (Å²) in [5, 5.41) is 2.26. The molecule has 1 N–H and O–H groups in total. The fourth-order valence-corrected chi connectivity index (χ4v) is 2.38. The van der Waals surface area contributed by atoms with Crippen molar-refractivity contribution in [1.82, 2.24) is 15.2 Å². The van der Waals surface area contributed by atoms with E-state index in [1.165, 1.54) is 4.90 Å². The zero-order valence-electron chi connectivity index (χ0n) is 9.55. The maximum Gasteiger partial charge on any atom is 0.273 e. The maximum absolute atomic E-state index is 12.1. The number of amides is 3. The van der Waals surface area contributed by atoms with Gasteiger partial charge in [0.05, 0.1) is 0 Å². The first-order chi connectivity index (χ1) is 8.66. The Hall–Kier alpha value is -2.24. The Labute approximate surface area is 103 Å². The number of imide groups is 1. The van der Waals surface area contributed by atoms with Gasteiger partial charge in [-0.1, -0.05) is 6.07 Å². The van der Waals surface area contributed by atoms with Crippen molar-refractivity contribution in [2.75, 3.05) is 0 Å². The Balaban J connectivity index is 1.86. The molecule has 0 bridgehead atoms. The van der Waals surface area contributed by atoms with Crippen LogP contribution in [0.5, 0.6) is 0 Å². The van der Waals surface area contributed by atoms with Gasteiger partial charge in [0.15, 0.2) is 0 Å². The summed E-state index contributed by atoms with van der Waals surface area (Å²) in [5.74, 6) is -0.911. The highest BCUT2D eigenvalue weighted by Crippen LogP contribution is 2.25. The highest BCUT2D eigenvalue weighted by Gasteiger charge is 2.39. The number of rotatable bonds is 1. The first kappa shape index (κ1) is 10.9. The molecule has 1 aromatic heterocycles. The molecule has 1 unspecified atom stereocenters. The van der Waals surface area contributed by atoms with Crippen LogP contribution in [0, 0.1) is 0 Å². The molecule has 3 amide bonds. The topological polar surface area (TPSA) is 79.4 Å². The number of carbonyl (C=O) groups excluding carboxylic acids is 3. The van der Waals surface area contributed by atoms with Crippen molar-refractivity contribution >= 4 is 17.7 Å². The lowest BCUT2D eigenvalue weighted by Gasteiger charge is -2.29. The normalized spacial score (nSPS) is 23.0. The second kappa shape index (κ2) is 3.90. The van der Waals surface area contributed by atoms with Gasteiger partial charge in [0, 0.05) is 24.7 Å². The van der Waals surface area contributed by atoms with E-state index in [2.05, 4.69) is 10.3 Å². The van der Waals surface area contributed by atoms with E-state index in [4.69, 9.17) is 0 Å². The highest BCUT2D eigenvalue weighted by molar-refractivity contribution is 6.04. The molecule has 1 aromatic rings. The zero-order valence-corrected chi connectivity index (χ0v) is 9.55. The Morgan fingerprint density at radius 3 is 2.89 bits per heavy atom. The van der Waals surface area contributed by atoms with Crippen LogP contribution in [0.1, 0.15) is 28.9 Å². The molecule has 0 saturated carbocycles. The number of nitrogens with zero attached hydrogens (tertiary/aromatic N) is 2. The lowest BCUT2D eigenvalue weighted by molar-refractivity contribution is -0.136. The van der Waals surface area contributed by atoms with Crippen molar-refractivity contribution in [3.8, 4) is 0 Å². The predicted molar refractivity (Wildman–Crippen MR) is 60.3 cm³/mol. The average Bonchev–Trinajstić information content (AvgIpc) is 2.68. The van der Waals surface area contributed by atoms with E-state index >= 15 is 0 Å². The molecule has 18 heavy (non-hydrogen) atoms. The molecule has 6 heteroatoms. The van der Waals surface area contributed by atoms with Crippen LogP contribution < -0.4 is 5.32 Å². The number of pyridine rings is 1. The lowest BCUT2D eigenvalue weighted by Crippen LogP contribution is -2.52. The second-order valence-electron chi connectivity index (χ2n) is 4.41. The number of carbonyl (C=O) groups is 3. The molecular weight excluding hydrogens is 234 g/mol. The van der Waals surface area contributed by atoms with Gasteiger partial charge in [-0.3, -0.25) is 24.7 Å². The molecule has 1 fully saturated rings. The summed E-state index contributed by atoms with van der Waals surface area (Å²) >= 11 is 0. The predicted octanol–water partition coefficient (Wildman–Crippen LogP) is -0.157. The van der Waals surface area contributed by atoms with Crippen LogP contribution in [0.2, 0.25) is 0 Å². The van der Waals surface area contributed by atoms with Crippen molar-refractivity contribution < 1.29 is 14.4 Å². The summed E-state index contributed by atoms with van der Waals surface area (Å²) < 4.78 is 0. The van der Waals surface area contributed by atoms with Crippen LogP contribution >= 0.6 is 0 Å². The molecule has 1 atom stereocenters. The number of nitrogens with one attached hydrogen (secondary N) is 1. The summed E-state index contributed by atoms with van der Waals surface area (Å²) in [5.41, 5.74) is 1.23. The van der Waals surface area contributed by atoms with Gasteiger partial charge < -0.3 is 4.90 Å². The number of hydrogen-bond acceptors (Lipinski definition) is 4. The Morgan fingerprint density at radius 1 is 1.33 bits per heavy atom. The van der Waals surface area contributed by atoms with Crippen molar-refractivity contribution in [2.24, 2.45) is 0 Å². The molecule has 1 saturated heterocycles. The van der Waals surface area contributed by atoms with E-state index in [9.17, 15) is 14.4 Å². The first-order valence-electron chi connectivity index (χ1n) is 5.75. The molecule has 92 valence electrons. The number of aromatic nitrogens is 1. The quantitative estimate of drug-likeness (QED) is 0.697. The molecule has 3 rings (SSSR count). The molecule has 6 nitrogen and oxygen atoms in total. The zero-order chi connectivity index (χ0) is 12.7. The largest absolute Gasteiger partial charge is 0.321 e. The second-order valence-corrected chi connectivity index (χ2v) is 4.41. The van der Waals surface area contributed by atoms with E-state index in [0.717, 1.165) is 5.56 Å². The van der Waals surface area contributed by atoms with E-state index in [0.29, 0.717) is 18.7 Å². The average molecular weight is 245 g/mol. The molecule has 2 aliphatic rings.